The van der Waals surface area contributed by atoms with Crippen LogP contribution in [0.5, 0.6) is 0 Å². The van der Waals surface area contributed by atoms with E-state index in [1.54, 1.807) is 36.4 Å². The van der Waals surface area contributed by atoms with E-state index in [9.17, 15) is 38.4 Å². The molecule has 2 aliphatic heterocycles. The van der Waals surface area contributed by atoms with Gasteiger partial charge in [-0.05, 0) is 49.7 Å². The van der Waals surface area contributed by atoms with Crippen LogP contribution in [-0.4, -0.2) is 122 Å². The van der Waals surface area contributed by atoms with E-state index in [1.807, 2.05) is 0 Å². The molecule has 2 amide bonds. The SMILES string of the molecule is C=CCCCCO[C@H]1O[C@H](C(=O)NCc2ccc(CNC(=O)[C@H]3O[C@H](OCCCCC=C)[C@H](OC(C)=O)[C@@H](OC(C)=O)[C@@H]3OC(C)=O)cc2)[C@@H](OC(C)=O)[C@H](OC(C)=O)[C@H]1OC(C)=O. The first-order valence-electron chi connectivity index (χ1n) is 20.9. The number of allylic oxidation sites excluding steroid dienone is 2. The Labute approximate surface area is 371 Å². The van der Waals surface area contributed by atoms with Crippen molar-refractivity contribution in [3.8, 4) is 0 Å². The number of carbonyl (C=O) groups is 8. The Morgan fingerprint density at radius 2 is 0.781 bits per heavy atom. The van der Waals surface area contributed by atoms with Gasteiger partial charge in [-0.15, -0.1) is 13.2 Å². The molecule has 1 aromatic carbocycles. The van der Waals surface area contributed by atoms with Gasteiger partial charge in [-0.2, -0.15) is 0 Å². The largest absolute Gasteiger partial charge is 0.455 e. The summed E-state index contributed by atoms with van der Waals surface area (Å²) in [5.74, 6) is -6.33. The molecule has 1 aromatic rings. The molecular formula is C44H60N2O18. The second-order valence-electron chi connectivity index (χ2n) is 14.9. The summed E-state index contributed by atoms with van der Waals surface area (Å²) in [6.07, 6.45) is -7.21. The summed E-state index contributed by atoms with van der Waals surface area (Å²) in [5, 5.41) is 5.44. The van der Waals surface area contributed by atoms with Gasteiger partial charge in [0, 0.05) is 67.8 Å². The summed E-state index contributed by atoms with van der Waals surface area (Å²) in [6.45, 7) is 14.1. The number of rotatable bonds is 24. The Morgan fingerprint density at radius 1 is 0.484 bits per heavy atom. The van der Waals surface area contributed by atoms with E-state index in [4.69, 9.17) is 47.4 Å². The molecule has 0 bridgehead atoms. The highest BCUT2D eigenvalue weighted by molar-refractivity contribution is 5.83. The van der Waals surface area contributed by atoms with E-state index in [0.717, 1.165) is 54.4 Å². The van der Waals surface area contributed by atoms with Crippen molar-refractivity contribution in [2.45, 2.75) is 155 Å². The number of hydrogen-bond acceptors (Lipinski definition) is 18. The van der Waals surface area contributed by atoms with Crippen molar-refractivity contribution in [3.05, 3.63) is 60.7 Å². The molecule has 0 saturated carbocycles. The summed E-state index contributed by atoms with van der Waals surface area (Å²) in [4.78, 5) is 101. The van der Waals surface area contributed by atoms with Crippen LogP contribution in [0.1, 0.15) is 91.2 Å². The van der Waals surface area contributed by atoms with Gasteiger partial charge in [0.25, 0.3) is 11.8 Å². The molecule has 0 aliphatic carbocycles. The molecule has 2 fully saturated rings. The average Bonchev–Trinajstić information content (AvgIpc) is 3.21. The van der Waals surface area contributed by atoms with E-state index >= 15 is 0 Å². The van der Waals surface area contributed by atoms with Crippen molar-refractivity contribution in [2.75, 3.05) is 13.2 Å². The number of nitrogens with one attached hydrogen (secondary N) is 2. The minimum Gasteiger partial charge on any atom is -0.455 e. The first-order valence-corrected chi connectivity index (χ1v) is 20.9. The second-order valence-corrected chi connectivity index (χ2v) is 14.9. The van der Waals surface area contributed by atoms with E-state index in [-0.39, 0.29) is 26.3 Å². The minimum absolute atomic E-state index is 0.0627. The molecule has 3 rings (SSSR count). The number of amides is 2. The summed E-state index contributed by atoms with van der Waals surface area (Å²) in [7, 11) is 0. The lowest BCUT2D eigenvalue weighted by Gasteiger charge is -2.43. The third-order valence-electron chi connectivity index (χ3n) is 9.44. The Morgan fingerprint density at radius 3 is 1.08 bits per heavy atom. The van der Waals surface area contributed by atoms with Gasteiger partial charge in [-0.3, -0.25) is 38.4 Å². The van der Waals surface area contributed by atoms with E-state index in [2.05, 4.69) is 23.8 Å². The molecule has 0 aromatic heterocycles. The smallest absolute Gasteiger partial charge is 0.303 e. The molecule has 0 radical (unpaired) electrons. The molecule has 10 atom stereocenters. The highest BCUT2D eigenvalue weighted by atomic mass is 16.7. The van der Waals surface area contributed by atoms with Gasteiger partial charge in [-0.25, -0.2) is 0 Å². The van der Waals surface area contributed by atoms with Crippen molar-refractivity contribution >= 4 is 47.6 Å². The molecule has 2 N–H and O–H groups in total. The van der Waals surface area contributed by atoms with Gasteiger partial charge in [0.15, 0.2) is 61.4 Å². The normalized spacial score (nSPS) is 25.0. The Kier molecular flexibility index (Phi) is 22.1. The quantitative estimate of drug-likeness (QED) is 0.0655. The highest BCUT2D eigenvalue weighted by Crippen LogP contribution is 2.32. The predicted octanol–water partition coefficient (Wildman–Crippen LogP) is 2.70. The molecule has 354 valence electrons. The van der Waals surface area contributed by atoms with E-state index in [0.29, 0.717) is 36.8 Å². The maximum absolute atomic E-state index is 13.8. The van der Waals surface area contributed by atoms with Crippen LogP contribution >= 0.6 is 0 Å². The van der Waals surface area contributed by atoms with E-state index in [1.165, 1.54) is 0 Å². The van der Waals surface area contributed by atoms with Crippen LogP contribution in [0, 0.1) is 0 Å². The summed E-state index contributed by atoms with van der Waals surface area (Å²) in [5.41, 5.74) is 1.18. The van der Waals surface area contributed by atoms with Crippen molar-refractivity contribution in [3.63, 3.8) is 0 Å². The molecule has 20 heteroatoms. The fourth-order valence-corrected chi connectivity index (χ4v) is 6.77. The molecule has 0 spiro atoms. The lowest BCUT2D eigenvalue weighted by Crippen LogP contribution is -2.65. The number of ether oxygens (including phenoxy) is 10. The van der Waals surface area contributed by atoms with Crippen LogP contribution < -0.4 is 10.6 Å². The Bertz CT molecular complexity index is 1660. The van der Waals surface area contributed by atoms with Gasteiger partial charge in [-0.1, -0.05) is 36.4 Å². The number of hydrogen-bond donors (Lipinski definition) is 2. The fraction of sp³-hybridized carbons (Fsp3) is 0.591. The predicted molar refractivity (Wildman–Crippen MR) is 221 cm³/mol. The number of carbonyl (C=O) groups excluding carboxylic acids is 8. The fourth-order valence-electron chi connectivity index (χ4n) is 6.77. The van der Waals surface area contributed by atoms with Crippen molar-refractivity contribution < 1.29 is 85.7 Å². The second kappa shape index (κ2) is 26.8. The zero-order valence-corrected chi connectivity index (χ0v) is 37.1. The maximum atomic E-state index is 13.8. The Balaban J connectivity index is 1.77. The van der Waals surface area contributed by atoms with Gasteiger partial charge in [0.2, 0.25) is 0 Å². The summed E-state index contributed by atoms with van der Waals surface area (Å²) in [6, 6.07) is 6.65. The molecule has 0 unspecified atom stereocenters. The van der Waals surface area contributed by atoms with Gasteiger partial charge < -0.3 is 58.0 Å². The van der Waals surface area contributed by atoms with Crippen molar-refractivity contribution in [2.24, 2.45) is 0 Å². The van der Waals surface area contributed by atoms with Crippen LogP contribution in [0.3, 0.4) is 0 Å². The lowest BCUT2D eigenvalue weighted by atomic mass is 9.97. The van der Waals surface area contributed by atoms with Crippen LogP contribution in [0.2, 0.25) is 0 Å². The van der Waals surface area contributed by atoms with Gasteiger partial charge in [0.1, 0.15) is 0 Å². The molecule has 2 heterocycles. The molecule has 2 aliphatic rings. The topological polar surface area (TPSA) is 253 Å². The third-order valence-corrected chi connectivity index (χ3v) is 9.44. The summed E-state index contributed by atoms with van der Waals surface area (Å²) >= 11 is 0. The zero-order chi connectivity index (χ0) is 47.3. The van der Waals surface area contributed by atoms with Crippen molar-refractivity contribution in [1.82, 2.24) is 10.6 Å². The van der Waals surface area contributed by atoms with Gasteiger partial charge >= 0.3 is 35.8 Å². The molecule has 20 nitrogen and oxygen atoms in total. The first-order chi connectivity index (χ1) is 30.4. The number of esters is 6. The van der Waals surface area contributed by atoms with E-state index < -0.39 is 109 Å². The van der Waals surface area contributed by atoms with Crippen LogP contribution in [0.15, 0.2) is 49.6 Å². The maximum Gasteiger partial charge on any atom is 0.303 e. The lowest BCUT2D eigenvalue weighted by molar-refractivity contribution is -0.298. The highest BCUT2D eigenvalue weighted by Gasteiger charge is 2.56. The molecule has 64 heavy (non-hydrogen) atoms. The van der Waals surface area contributed by atoms with Crippen LogP contribution in [0.4, 0.5) is 0 Å². The molecule has 2 saturated heterocycles. The van der Waals surface area contributed by atoms with Gasteiger partial charge in [0.05, 0.1) is 0 Å². The average molecular weight is 905 g/mol. The standard InChI is InChI=1S/C44H60N2O18/c1-9-11-13-15-21-55-43-39(61-29(7)51)35(59-27(5)49)33(57-25(3)47)37(63-43)41(53)45-23-31-17-19-32(20-18-31)24-46-42(54)38-34(58-26(4)48)36(60-28(6)50)40(62-30(8)52)44(64-38)56-22-16-14-12-10-2/h9-10,17-20,33-40,43-44H,1-2,11-16,21-24H2,3-8H3,(H,45,53)(H,46,54)/t33-,34-,35-,36-,37-,38-,39+,40+,43-,44-/m0/s1. The summed E-state index contributed by atoms with van der Waals surface area (Å²) < 4.78 is 56.4. The minimum atomic E-state index is -1.57. The van der Waals surface area contributed by atoms with Crippen LogP contribution in [-0.2, 0) is 98.8 Å². The molecular weight excluding hydrogens is 844 g/mol. The van der Waals surface area contributed by atoms with Crippen molar-refractivity contribution in [1.29, 1.82) is 0 Å². The third kappa shape index (κ3) is 17.1. The number of unbranched alkanes of at least 4 members (excludes halogenated alkanes) is 4. The monoisotopic (exact) mass is 904 g/mol. The zero-order valence-electron chi connectivity index (χ0n) is 37.1. The van der Waals surface area contributed by atoms with Crippen LogP contribution in [0.25, 0.3) is 0 Å². The first kappa shape index (κ1) is 52.6. The number of benzene rings is 1. The Hall–Kier alpha value is -5.70.